The molecular weight excluding hydrogens is 251 g/mol. The monoisotopic (exact) mass is 265 g/mol. The topological polar surface area (TPSA) is 12.0 Å². The van der Waals surface area contributed by atoms with Crippen molar-refractivity contribution in [1.82, 2.24) is 0 Å². The van der Waals surface area contributed by atoms with Gasteiger partial charge in [-0.3, -0.25) is 0 Å². The van der Waals surface area contributed by atoms with Crippen LogP contribution in [0.2, 0.25) is 0 Å². The number of hydrogen-bond acceptors (Lipinski definition) is 1. The molecule has 0 saturated carbocycles. The SMILES string of the molecule is Cc1cc(F)ccc1NC(C)c1cc(F)cc(F)c1. The van der Waals surface area contributed by atoms with Crippen molar-refractivity contribution in [2.75, 3.05) is 5.32 Å². The van der Waals surface area contributed by atoms with E-state index in [1.807, 2.05) is 0 Å². The number of rotatable bonds is 3. The maximum Gasteiger partial charge on any atom is 0.126 e. The molecule has 2 aromatic carbocycles. The van der Waals surface area contributed by atoms with Crippen molar-refractivity contribution in [3.63, 3.8) is 0 Å². The van der Waals surface area contributed by atoms with E-state index in [0.717, 1.165) is 17.3 Å². The van der Waals surface area contributed by atoms with Crippen molar-refractivity contribution in [2.45, 2.75) is 19.9 Å². The quantitative estimate of drug-likeness (QED) is 0.856. The van der Waals surface area contributed by atoms with Crippen molar-refractivity contribution in [2.24, 2.45) is 0 Å². The van der Waals surface area contributed by atoms with Crippen LogP contribution in [0, 0.1) is 24.4 Å². The minimum absolute atomic E-state index is 0.283. The van der Waals surface area contributed by atoms with Crippen LogP contribution in [0.5, 0.6) is 0 Å². The largest absolute Gasteiger partial charge is 0.378 e. The molecule has 0 aromatic heterocycles. The zero-order valence-electron chi connectivity index (χ0n) is 10.7. The standard InChI is InChI=1S/C15H14F3N/c1-9-5-12(16)3-4-15(9)19-10(2)11-6-13(17)8-14(18)7-11/h3-8,10,19H,1-2H3. The second-order valence-corrected chi connectivity index (χ2v) is 4.53. The van der Waals surface area contributed by atoms with Crippen molar-refractivity contribution in [3.05, 3.63) is 65.0 Å². The van der Waals surface area contributed by atoms with E-state index in [4.69, 9.17) is 0 Å². The molecule has 2 rings (SSSR count). The number of nitrogens with one attached hydrogen (secondary N) is 1. The first-order chi connectivity index (χ1) is 8.95. The van der Waals surface area contributed by atoms with E-state index < -0.39 is 11.6 Å². The number of anilines is 1. The summed E-state index contributed by atoms with van der Waals surface area (Å²) in [6.45, 7) is 3.56. The molecule has 100 valence electrons. The fourth-order valence-electron chi connectivity index (χ4n) is 1.93. The predicted octanol–water partition coefficient (Wildman–Crippen LogP) is 4.59. The Bertz CT molecular complexity index is 576. The second kappa shape index (κ2) is 5.34. The molecule has 4 heteroatoms. The zero-order chi connectivity index (χ0) is 14.0. The van der Waals surface area contributed by atoms with Crippen LogP contribution in [0.4, 0.5) is 18.9 Å². The highest BCUT2D eigenvalue weighted by molar-refractivity contribution is 5.52. The van der Waals surface area contributed by atoms with Crippen molar-refractivity contribution in [1.29, 1.82) is 0 Å². The highest BCUT2D eigenvalue weighted by Crippen LogP contribution is 2.23. The lowest BCUT2D eigenvalue weighted by Gasteiger charge is -2.17. The van der Waals surface area contributed by atoms with Gasteiger partial charge in [-0.2, -0.15) is 0 Å². The molecule has 0 fully saturated rings. The smallest absolute Gasteiger partial charge is 0.126 e. The van der Waals surface area contributed by atoms with Crippen LogP contribution in [0.3, 0.4) is 0 Å². The molecule has 0 saturated heterocycles. The molecule has 0 spiro atoms. The molecule has 0 amide bonds. The van der Waals surface area contributed by atoms with Crippen LogP contribution in [-0.4, -0.2) is 0 Å². The molecular formula is C15H14F3N. The Hall–Kier alpha value is -1.97. The van der Waals surface area contributed by atoms with Gasteiger partial charge in [0.2, 0.25) is 0 Å². The highest BCUT2D eigenvalue weighted by Gasteiger charge is 2.10. The summed E-state index contributed by atoms with van der Waals surface area (Å²) < 4.78 is 39.3. The summed E-state index contributed by atoms with van der Waals surface area (Å²) in [5.41, 5.74) is 1.98. The molecule has 0 aliphatic rings. The van der Waals surface area contributed by atoms with Gasteiger partial charge in [0.15, 0.2) is 0 Å². The van der Waals surface area contributed by atoms with Gasteiger partial charge in [0, 0.05) is 17.8 Å². The van der Waals surface area contributed by atoms with Gasteiger partial charge in [-0.25, -0.2) is 13.2 Å². The molecule has 0 aliphatic carbocycles. The predicted molar refractivity (Wildman–Crippen MR) is 69.5 cm³/mol. The second-order valence-electron chi connectivity index (χ2n) is 4.53. The average molecular weight is 265 g/mol. The first-order valence-corrected chi connectivity index (χ1v) is 5.94. The van der Waals surface area contributed by atoms with Gasteiger partial charge < -0.3 is 5.32 Å². The number of aryl methyl sites for hydroxylation is 1. The lowest BCUT2D eigenvalue weighted by atomic mass is 10.1. The first kappa shape index (κ1) is 13.5. The van der Waals surface area contributed by atoms with Gasteiger partial charge in [0.25, 0.3) is 0 Å². The van der Waals surface area contributed by atoms with Crippen LogP contribution in [0.15, 0.2) is 36.4 Å². The molecule has 2 aromatic rings. The van der Waals surface area contributed by atoms with Gasteiger partial charge in [-0.1, -0.05) is 0 Å². The van der Waals surface area contributed by atoms with E-state index in [2.05, 4.69) is 5.32 Å². The third kappa shape index (κ3) is 3.28. The highest BCUT2D eigenvalue weighted by atomic mass is 19.1. The molecule has 19 heavy (non-hydrogen) atoms. The van der Waals surface area contributed by atoms with E-state index in [0.29, 0.717) is 5.56 Å². The van der Waals surface area contributed by atoms with Gasteiger partial charge >= 0.3 is 0 Å². The Morgan fingerprint density at radius 1 is 0.895 bits per heavy atom. The molecule has 0 aliphatic heterocycles. The minimum atomic E-state index is -0.612. The summed E-state index contributed by atoms with van der Waals surface area (Å²) in [5.74, 6) is -1.54. The summed E-state index contributed by atoms with van der Waals surface area (Å²) >= 11 is 0. The molecule has 1 atom stereocenters. The van der Waals surface area contributed by atoms with Crippen LogP contribution in [0.25, 0.3) is 0 Å². The summed E-state index contributed by atoms with van der Waals surface area (Å²) in [6.07, 6.45) is 0. The van der Waals surface area contributed by atoms with E-state index >= 15 is 0 Å². The summed E-state index contributed by atoms with van der Waals surface area (Å²) in [4.78, 5) is 0. The van der Waals surface area contributed by atoms with E-state index in [9.17, 15) is 13.2 Å². The van der Waals surface area contributed by atoms with Gasteiger partial charge in [0.1, 0.15) is 17.5 Å². The fourth-order valence-corrected chi connectivity index (χ4v) is 1.93. The van der Waals surface area contributed by atoms with Crippen LogP contribution >= 0.6 is 0 Å². The summed E-state index contributed by atoms with van der Waals surface area (Å²) in [6, 6.07) is 7.46. The Morgan fingerprint density at radius 2 is 1.53 bits per heavy atom. The van der Waals surface area contributed by atoms with Gasteiger partial charge in [-0.15, -0.1) is 0 Å². The van der Waals surface area contributed by atoms with Gasteiger partial charge in [-0.05, 0) is 55.3 Å². The Balaban J connectivity index is 2.22. The Kier molecular flexibility index (Phi) is 3.79. The third-order valence-corrected chi connectivity index (χ3v) is 2.95. The van der Waals surface area contributed by atoms with E-state index in [1.54, 1.807) is 19.9 Å². The fraction of sp³-hybridized carbons (Fsp3) is 0.200. The van der Waals surface area contributed by atoms with E-state index in [1.165, 1.54) is 24.3 Å². The van der Waals surface area contributed by atoms with Crippen molar-refractivity contribution >= 4 is 5.69 Å². The summed E-state index contributed by atoms with van der Waals surface area (Å²) in [7, 11) is 0. The van der Waals surface area contributed by atoms with Crippen LogP contribution < -0.4 is 5.32 Å². The van der Waals surface area contributed by atoms with Crippen LogP contribution in [0.1, 0.15) is 24.1 Å². The lowest BCUT2D eigenvalue weighted by Crippen LogP contribution is -2.08. The lowest BCUT2D eigenvalue weighted by molar-refractivity contribution is 0.577. The average Bonchev–Trinajstić information content (AvgIpc) is 2.31. The third-order valence-electron chi connectivity index (χ3n) is 2.95. The zero-order valence-corrected chi connectivity index (χ0v) is 10.7. The first-order valence-electron chi connectivity index (χ1n) is 5.94. The van der Waals surface area contributed by atoms with Gasteiger partial charge in [0.05, 0.1) is 0 Å². The Labute approximate surface area is 110 Å². The molecule has 0 radical (unpaired) electrons. The molecule has 0 bridgehead atoms. The van der Waals surface area contributed by atoms with E-state index in [-0.39, 0.29) is 11.9 Å². The maximum absolute atomic E-state index is 13.1. The molecule has 1 nitrogen and oxygen atoms in total. The normalized spacial score (nSPS) is 12.3. The molecule has 1 unspecified atom stereocenters. The van der Waals surface area contributed by atoms with Crippen molar-refractivity contribution < 1.29 is 13.2 Å². The number of hydrogen-bond donors (Lipinski definition) is 1. The molecule has 0 heterocycles. The minimum Gasteiger partial charge on any atom is -0.378 e. The van der Waals surface area contributed by atoms with Crippen molar-refractivity contribution in [3.8, 4) is 0 Å². The number of benzene rings is 2. The maximum atomic E-state index is 13.1. The molecule has 1 N–H and O–H groups in total. The summed E-state index contributed by atoms with van der Waals surface area (Å²) in [5, 5.41) is 3.11. The van der Waals surface area contributed by atoms with Crippen LogP contribution in [-0.2, 0) is 0 Å². The number of halogens is 3. The Morgan fingerprint density at radius 3 is 2.11 bits per heavy atom.